The van der Waals surface area contributed by atoms with Crippen LogP contribution in [0.5, 0.6) is 17.2 Å². The minimum Gasteiger partial charge on any atom is -0.508 e. The monoisotopic (exact) mass is 352 g/mol. The molecule has 0 fully saturated rings. The summed E-state index contributed by atoms with van der Waals surface area (Å²) in [7, 11) is 1.24. The molecule has 9 heteroatoms. The average molecular weight is 352 g/mol. The quantitative estimate of drug-likeness (QED) is 0.716. The zero-order chi connectivity index (χ0) is 18.4. The first-order valence-electron chi connectivity index (χ1n) is 6.93. The van der Waals surface area contributed by atoms with Crippen LogP contribution in [-0.2, 0) is 0 Å². The molecule has 0 bridgehead atoms. The van der Waals surface area contributed by atoms with Crippen LogP contribution in [-0.4, -0.2) is 30.6 Å². The molecule has 25 heavy (non-hydrogen) atoms. The fourth-order valence-corrected chi connectivity index (χ4v) is 1.91. The maximum Gasteiger partial charge on any atom is 0.387 e. The summed E-state index contributed by atoms with van der Waals surface area (Å²) in [5.41, 5.74) is 4.52. The first-order chi connectivity index (χ1) is 11.9. The molecular formula is C16H14F2N2O5. The molecule has 2 rings (SSSR count). The second kappa shape index (κ2) is 7.95. The molecule has 0 saturated heterocycles. The number of aromatic hydroxyl groups is 1. The Morgan fingerprint density at radius 3 is 2.20 bits per heavy atom. The molecule has 0 spiro atoms. The van der Waals surface area contributed by atoms with Gasteiger partial charge in [-0.1, -0.05) is 6.07 Å². The van der Waals surface area contributed by atoms with Crippen molar-refractivity contribution in [3.8, 4) is 17.2 Å². The van der Waals surface area contributed by atoms with Crippen LogP contribution in [0.1, 0.15) is 20.7 Å². The lowest BCUT2D eigenvalue weighted by molar-refractivity contribution is -0.0512. The molecule has 7 nitrogen and oxygen atoms in total. The number of hydrogen-bond acceptors (Lipinski definition) is 5. The SMILES string of the molecule is COc1cc(C(=O)NNC(=O)c2cccc(O)c2)ccc1OC(F)F. The third kappa shape index (κ3) is 4.80. The largest absolute Gasteiger partial charge is 0.508 e. The van der Waals surface area contributed by atoms with E-state index in [9.17, 15) is 23.5 Å². The summed E-state index contributed by atoms with van der Waals surface area (Å²) in [5.74, 6) is -1.73. The van der Waals surface area contributed by atoms with Gasteiger partial charge < -0.3 is 14.6 Å². The highest BCUT2D eigenvalue weighted by Crippen LogP contribution is 2.29. The van der Waals surface area contributed by atoms with E-state index in [1.54, 1.807) is 0 Å². The number of nitrogens with one attached hydrogen (secondary N) is 2. The van der Waals surface area contributed by atoms with Crippen LogP contribution in [0.15, 0.2) is 42.5 Å². The van der Waals surface area contributed by atoms with E-state index in [0.717, 1.165) is 6.07 Å². The van der Waals surface area contributed by atoms with E-state index in [-0.39, 0.29) is 28.4 Å². The minimum absolute atomic E-state index is 0.0506. The molecule has 2 amide bonds. The van der Waals surface area contributed by atoms with Gasteiger partial charge in [-0.3, -0.25) is 20.4 Å². The van der Waals surface area contributed by atoms with E-state index in [4.69, 9.17) is 4.74 Å². The highest BCUT2D eigenvalue weighted by atomic mass is 19.3. The van der Waals surface area contributed by atoms with Crippen molar-refractivity contribution in [3.63, 3.8) is 0 Å². The van der Waals surface area contributed by atoms with Crippen molar-refractivity contribution in [2.24, 2.45) is 0 Å². The Kier molecular flexibility index (Phi) is 5.72. The molecule has 0 aliphatic rings. The lowest BCUT2D eigenvalue weighted by Gasteiger charge is -2.12. The van der Waals surface area contributed by atoms with Gasteiger partial charge in [-0.15, -0.1) is 0 Å². The Morgan fingerprint density at radius 1 is 1.00 bits per heavy atom. The van der Waals surface area contributed by atoms with Crippen LogP contribution >= 0.6 is 0 Å². The topological polar surface area (TPSA) is 96.9 Å². The summed E-state index contributed by atoms with van der Waals surface area (Å²) in [6.07, 6.45) is 0. The number of ether oxygens (including phenoxy) is 2. The number of amides is 2. The standard InChI is InChI=1S/C16H14F2N2O5/c1-24-13-8-10(5-6-12(13)25-16(17)18)15(23)20-19-14(22)9-3-2-4-11(21)7-9/h2-8,16,21H,1H3,(H,19,22)(H,20,23). The predicted molar refractivity (Wildman–Crippen MR) is 82.7 cm³/mol. The fraction of sp³-hybridized carbons (Fsp3) is 0.125. The molecule has 0 unspecified atom stereocenters. The molecule has 0 radical (unpaired) electrons. The number of hydrogen-bond donors (Lipinski definition) is 3. The molecule has 0 atom stereocenters. The number of phenols is 1. The van der Waals surface area contributed by atoms with Gasteiger partial charge in [0.25, 0.3) is 11.8 Å². The fourth-order valence-electron chi connectivity index (χ4n) is 1.91. The Labute approximate surface area is 141 Å². The lowest BCUT2D eigenvalue weighted by atomic mass is 10.2. The number of carbonyl (C=O) groups excluding carboxylic acids is 2. The van der Waals surface area contributed by atoms with Crippen molar-refractivity contribution in [2.75, 3.05) is 7.11 Å². The smallest absolute Gasteiger partial charge is 0.387 e. The third-order valence-corrected chi connectivity index (χ3v) is 3.04. The first kappa shape index (κ1) is 18.0. The maximum atomic E-state index is 12.3. The van der Waals surface area contributed by atoms with E-state index in [1.807, 2.05) is 0 Å². The van der Waals surface area contributed by atoms with Crippen LogP contribution in [0.3, 0.4) is 0 Å². The van der Waals surface area contributed by atoms with Crippen LogP contribution in [0.2, 0.25) is 0 Å². The van der Waals surface area contributed by atoms with Crippen molar-refractivity contribution in [3.05, 3.63) is 53.6 Å². The molecular weight excluding hydrogens is 338 g/mol. The summed E-state index contributed by atoms with van der Waals surface area (Å²) >= 11 is 0. The minimum atomic E-state index is -3.03. The molecule has 3 N–H and O–H groups in total. The number of phenolic OH excluding ortho intramolecular Hbond substituents is 1. The normalized spacial score (nSPS) is 10.2. The van der Waals surface area contributed by atoms with Gasteiger partial charge >= 0.3 is 6.61 Å². The Morgan fingerprint density at radius 2 is 1.64 bits per heavy atom. The Bertz CT molecular complexity index is 783. The second-order valence-corrected chi connectivity index (χ2v) is 4.70. The second-order valence-electron chi connectivity index (χ2n) is 4.70. The zero-order valence-electron chi connectivity index (χ0n) is 13.0. The molecule has 2 aromatic rings. The summed E-state index contributed by atoms with van der Waals surface area (Å²) in [6.45, 7) is -3.03. The Balaban J connectivity index is 2.04. The summed E-state index contributed by atoms with van der Waals surface area (Å²) in [4.78, 5) is 23.9. The highest BCUT2D eigenvalue weighted by Gasteiger charge is 2.15. The number of rotatable bonds is 5. The van der Waals surface area contributed by atoms with Crippen molar-refractivity contribution < 1.29 is 33.0 Å². The van der Waals surface area contributed by atoms with Gasteiger partial charge in [0.05, 0.1) is 7.11 Å². The molecule has 0 saturated carbocycles. The van der Waals surface area contributed by atoms with E-state index in [0.29, 0.717) is 0 Å². The van der Waals surface area contributed by atoms with Crippen LogP contribution in [0.4, 0.5) is 8.78 Å². The zero-order valence-corrected chi connectivity index (χ0v) is 13.0. The number of alkyl halides is 2. The van der Waals surface area contributed by atoms with Crippen molar-refractivity contribution in [1.29, 1.82) is 0 Å². The van der Waals surface area contributed by atoms with Gasteiger partial charge in [0.2, 0.25) is 0 Å². The van der Waals surface area contributed by atoms with E-state index >= 15 is 0 Å². The average Bonchev–Trinajstić information content (AvgIpc) is 2.59. The third-order valence-electron chi connectivity index (χ3n) is 3.04. The molecule has 0 aliphatic heterocycles. The van der Waals surface area contributed by atoms with Gasteiger partial charge in [0.15, 0.2) is 11.5 Å². The van der Waals surface area contributed by atoms with E-state index in [2.05, 4.69) is 15.6 Å². The van der Waals surface area contributed by atoms with E-state index < -0.39 is 18.4 Å². The highest BCUT2D eigenvalue weighted by molar-refractivity contribution is 5.99. The van der Waals surface area contributed by atoms with Gasteiger partial charge in [-0.2, -0.15) is 8.78 Å². The number of benzene rings is 2. The van der Waals surface area contributed by atoms with Crippen LogP contribution in [0, 0.1) is 0 Å². The summed E-state index contributed by atoms with van der Waals surface area (Å²) in [5, 5.41) is 9.32. The van der Waals surface area contributed by atoms with Crippen molar-refractivity contribution in [1.82, 2.24) is 10.9 Å². The van der Waals surface area contributed by atoms with Crippen LogP contribution < -0.4 is 20.3 Å². The van der Waals surface area contributed by atoms with Gasteiger partial charge in [0.1, 0.15) is 5.75 Å². The van der Waals surface area contributed by atoms with Gasteiger partial charge in [0, 0.05) is 11.1 Å². The number of methoxy groups -OCH3 is 1. The Hall–Kier alpha value is -3.36. The predicted octanol–water partition coefficient (Wildman–Crippen LogP) is 2.08. The number of halogens is 2. The lowest BCUT2D eigenvalue weighted by Crippen LogP contribution is -2.41. The number of carbonyl (C=O) groups is 2. The molecule has 132 valence electrons. The maximum absolute atomic E-state index is 12.3. The molecule has 0 aromatic heterocycles. The van der Waals surface area contributed by atoms with Gasteiger partial charge in [-0.25, -0.2) is 0 Å². The molecule has 2 aromatic carbocycles. The molecule has 0 heterocycles. The number of hydrazine groups is 1. The van der Waals surface area contributed by atoms with Gasteiger partial charge in [-0.05, 0) is 36.4 Å². The molecule has 0 aliphatic carbocycles. The summed E-state index contributed by atoms with van der Waals surface area (Å²) < 4.78 is 33.7. The van der Waals surface area contributed by atoms with Crippen molar-refractivity contribution in [2.45, 2.75) is 6.61 Å². The summed E-state index contributed by atoms with van der Waals surface area (Å²) in [6, 6.07) is 9.10. The first-order valence-corrected chi connectivity index (χ1v) is 6.93. The van der Waals surface area contributed by atoms with E-state index in [1.165, 1.54) is 43.5 Å². The van der Waals surface area contributed by atoms with Crippen molar-refractivity contribution >= 4 is 11.8 Å². The van der Waals surface area contributed by atoms with Crippen LogP contribution in [0.25, 0.3) is 0 Å².